The summed E-state index contributed by atoms with van der Waals surface area (Å²) < 4.78 is 2.14. The van der Waals surface area contributed by atoms with E-state index in [0.29, 0.717) is 0 Å². The molecule has 7 heteroatoms. The number of nitrogens with one attached hydrogen (secondary N) is 1. The molecule has 5 nitrogen and oxygen atoms in total. The molecule has 3 aromatic rings. The van der Waals surface area contributed by atoms with Gasteiger partial charge in [-0.15, -0.1) is 24.8 Å². The van der Waals surface area contributed by atoms with Crippen LogP contribution in [0.2, 0.25) is 0 Å². The van der Waals surface area contributed by atoms with Crippen LogP contribution in [-0.2, 0) is 11.3 Å². The number of nitrogens with two attached hydrogens (primary N) is 1. The zero-order chi connectivity index (χ0) is 17.8. The molecule has 0 aliphatic rings. The average molecular weight is 409 g/mol. The van der Waals surface area contributed by atoms with Gasteiger partial charge in [0.25, 0.3) is 0 Å². The van der Waals surface area contributed by atoms with Crippen LogP contribution in [0, 0.1) is 0 Å². The lowest BCUT2D eigenvalue weighted by atomic mass is 10.0. The number of benzene rings is 2. The minimum absolute atomic E-state index is 0. The first-order valence-electron chi connectivity index (χ1n) is 8.65. The molecule has 1 amide bonds. The zero-order valence-corrected chi connectivity index (χ0v) is 17.1. The Hall–Kier alpha value is -2.08. The SMILES string of the molecule is CCn1c(C(C)NC(=O)CC(N)c2ccccc2)nc2ccccc21.Cl.Cl. The molecule has 3 N–H and O–H groups in total. The first kappa shape index (κ1) is 23.0. The Labute approximate surface area is 172 Å². The average Bonchev–Trinajstić information content (AvgIpc) is 3.01. The van der Waals surface area contributed by atoms with E-state index < -0.39 is 0 Å². The van der Waals surface area contributed by atoms with Gasteiger partial charge in [0, 0.05) is 19.0 Å². The third kappa shape index (κ3) is 5.22. The summed E-state index contributed by atoms with van der Waals surface area (Å²) in [7, 11) is 0. The Morgan fingerprint density at radius 1 is 1.11 bits per heavy atom. The van der Waals surface area contributed by atoms with Gasteiger partial charge >= 0.3 is 0 Å². The van der Waals surface area contributed by atoms with Crippen LogP contribution in [0.15, 0.2) is 54.6 Å². The molecule has 0 radical (unpaired) electrons. The first-order chi connectivity index (χ1) is 12.1. The number of nitrogens with zero attached hydrogens (tertiary/aromatic N) is 2. The van der Waals surface area contributed by atoms with Crippen molar-refractivity contribution in [2.75, 3.05) is 0 Å². The molecule has 3 rings (SSSR count). The predicted octanol–water partition coefficient (Wildman–Crippen LogP) is 4.17. The highest BCUT2D eigenvalue weighted by Crippen LogP contribution is 2.21. The van der Waals surface area contributed by atoms with E-state index in [4.69, 9.17) is 10.7 Å². The largest absolute Gasteiger partial charge is 0.346 e. The van der Waals surface area contributed by atoms with E-state index in [2.05, 4.69) is 22.9 Å². The van der Waals surface area contributed by atoms with E-state index >= 15 is 0 Å². The molecular weight excluding hydrogens is 383 g/mol. The van der Waals surface area contributed by atoms with E-state index in [9.17, 15) is 4.79 Å². The number of aryl methyl sites for hydroxylation is 1. The van der Waals surface area contributed by atoms with Crippen molar-refractivity contribution in [1.82, 2.24) is 14.9 Å². The fourth-order valence-electron chi connectivity index (χ4n) is 3.14. The molecule has 1 heterocycles. The smallest absolute Gasteiger partial charge is 0.222 e. The summed E-state index contributed by atoms with van der Waals surface area (Å²) in [4.78, 5) is 17.1. The molecule has 0 fully saturated rings. The number of amides is 1. The molecule has 27 heavy (non-hydrogen) atoms. The standard InChI is InChI=1S/C20H24N4O.2ClH/c1-3-24-18-12-8-7-11-17(18)23-20(24)14(2)22-19(25)13-16(21)15-9-5-4-6-10-15;;/h4-12,14,16H,3,13,21H2,1-2H3,(H,22,25);2*1H. The van der Waals surface area contributed by atoms with Crippen molar-refractivity contribution >= 4 is 41.8 Å². The van der Waals surface area contributed by atoms with Crippen molar-refractivity contribution < 1.29 is 4.79 Å². The van der Waals surface area contributed by atoms with E-state index in [-0.39, 0.29) is 49.2 Å². The monoisotopic (exact) mass is 408 g/mol. The molecule has 0 spiro atoms. The summed E-state index contributed by atoms with van der Waals surface area (Å²) in [5.41, 5.74) is 9.14. The van der Waals surface area contributed by atoms with Crippen molar-refractivity contribution in [3.63, 3.8) is 0 Å². The second-order valence-electron chi connectivity index (χ2n) is 6.21. The minimum Gasteiger partial charge on any atom is -0.346 e. The number of imidazole rings is 1. The molecule has 0 saturated carbocycles. The predicted molar refractivity (Wildman–Crippen MR) is 114 cm³/mol. The van der Waals surface area contributed by atoms with Gasteiger partial charge in [-0.3, -0.25) is 4.79 Å². The summed E-state index contributed by atoms with van der Waals surface area (Å²) in [6, 6.07) is 17.2. The highest BCUT2D eigenvalue weighted by Gasteiger charge is 2.19. The summed E-state index contributed by atoms with van der Waals surface area (Å²) in [6.45, 7) is 4.84. The number of fused-ring (bicyclic) bond motifs is 1. The lowest BCUT2D eigenvalue weighted by molar-refractivity contribution is -0.122. The molecule has 2 unspecified atom stereocenters. The number of carbonyl (C=O) groups excluding carboxylic acids is 1. The number of para-hydroxylation sites is 2. The van der Waals surface area contributed by atoms with E-state index in [0.717, 1.165) is 29.0 Å². The van der Waals surface area contributed by atoms with Crippen molar-refractivity contribution in [3.05, 3.63) is 66.0 Å². The third-order valence-electron chi connectivity index (χ3n) is 4.40. The highest BCUT2D eigenvalue weighted by atomic mass is 35.5. The van der Waals surface area contributed by atoms with Crippen LogP contribution in [0.4, 0.5) is 0 Å². The minimum atomic E-state index is -0.307. The van der Waals surface area contributed by atoms with Gasteiger partial charge in [0.2, 0.25) is 5.91 Å². The van der Waals surface area contributed by atoms with Crippen molar-refractivity contribution in [2.45, 2.75) is 38.9 Å². The topological polar surface area (TPSA) is 72.9 Å². The maximum Gasteiger partial charge on any atom is 0.222 e. The zero-order valence-electron chi connectivity index (χ0n) is 15.5. The Morgan fingerprint density at radius 2 is 1.74 bits per heavy atom. The Balaban J connectivity index is 0.00000182. The van der Waals surface area contributed by atoms with Gasteiger partial charge in [0.05, 0.1) is 17.1 Å². The second-order valence-corrected chi connectivity index (χ2v) is 6.21. The van der Waals surface area contributed by atoms with Gasteiger partial charge in [-0.25, -0.2) is 4.98 Å². The molecule has 0 aliphatic carbocycles. The number of rotatable bonds is 6. The summed E-state index contributed by atoms with van der Waals surface area (Å²) in [5, 5.41) is 3.03. The first-order valence-corrected chi connectivity index (χ1v) is 8.65. The number of hydrogen-bond donors (Lipinski definition) is 2. The molecular formula is C20H26Cl2N4O. The van der Waals surface area contributed by atoms with Crippen LogP contribution in [0.1, 0.15) is 43.7 Å². The van der Waals surface area contributed by atoms with Gasteiger partial charge in [-0.05, 0) is 31.5 Å². The van der Waals surface area contributed by atoms with E-state index in [1.54, 1.807) is 0 Å². The molecule has 0 bridgehead atoms. The number of hydrogen-bond acceptors (Lipinski definition) is 3. The molecule has 0 saturated heterocycles. The van der Waals surface area contributed by atoms with Crippen LogP contribution >= 0.6 is 24.8 Å². The maximum atomic E-state index is 12.4. The Bertz CT molecular complexity index is 867. The summed E-state index contributed by atoms with van der Waals surface area (Å²) in [6.07, 6.45) is 0.251. The third-order valence-corrected chi connectivity index (χ3v) is 4.40. The molecule has 146 valence electrons. The molecule has 2 aromatic carbocycles. The Morgan fingerprint density at radius 3 is 2.41 bits per heavy atom. The lowest BCUT2D eigenvalue weighted by Gasteiger charge is -2.17. The van der Waals surface area contributed by atoms with Gasteiger partial charge in [0.1, 0.15) is 5.82 Å². The van der Waals surface area contributed by atoms with Crippen molar-refractivity contribution in [1.29, 1.82) is 0 Å². The van der Waals surface area contributed by atoms with Gasteiger partial charge < -0.3 is 15.6 Å². The quantitative estimate of drug-likeness (QED) is 0.642. The van der Waals surface area contributed by atoms with Crippen LogP contribution in [0.3, 0.4) is 0 Å². The molecule has 2 atom stereocenters. The second kappa shape index (κ2) is 10.3. The lowest BCUT2D eigenvalue weighted by Crippen LogP contribution is -2.31. The van der Waals surface area contributed by atoms with Crippen molar-refractivity contribution in [3.8, 4) is 0 Å². The summed E-state index contributed by atoms with van der Waals surface area (Å²) >= 11 is 0. The highest BCUT2D eigenvalue weighted by molar-refractivity contribution is 5.85. The fraction of sp³-hybridized carbons (Fsp3) is 0.300. The number of carbonyl (C=O) groups is 1. The fourth-order valence-corrected chi connectivity index (χ4v) is 3.14. The van der Waals surface area contributed by atoms with Crippen LogP contribution in [0.5, 0.6) is 0 Å². The van der Waals surface area contributed by atoms with Gasteiger partial charge in [-0.1, -0.05) is 42.5 Å². The maximum absolute atomic E-state index is 12.4. The summed E-state index contributed by atoms with van der Waals surface area (Å²) in [5.74, 6) is 0.795. The number of halogens is 2. The van der Waals surface area contributed by atoms with Crippen LogP contribution in [-0.4, -0.2) is 15.5 Å². The molecule has 0 aliphatic heterocycles. The van der Waals surface area contributed by atoms with E-state index in [1.165, 1.54) is 0 Å². The van der Waals surface area contributed by atoms with Crippen LogP contribution < -0.4 is 11.1 Å². The Kier molecular flexibility index (Phi) is 8.76. The van der Waals surface area contributed by atoms with Crippen LogP contribution in [0.25, 0.3) is 11.0 Å². The van der Waals surface area contributed by atoms with Gasteiger partial charge in [0.15, 0.2) is 0 Å². The molecule has 1 aromatic heterocycles. The normalized spacial score (nSPS) is 12.6. The van der Waals surface area contributed by atoms with E-state index in [1.807, 2.05) is 55.5 Å². The van der Waals surface area contributed by atoms with Gasteiger partial charge in [-0.2, -0.15) is 0 Å². The number of aromatic nitrogens is 2. The van der Waals surface area contributed by atoms with Crippen molar-refractivity contribution in [2.24, 2.45) is 5.73 Å².